The number of hydrogen-bond acceptors (Lipinski definition) is 9. The molecule has 0 amide bonds. The normalized spacial score (nSPS) is 18.2. The number of carboxylic acid groups (broad SMARTS) is 1. The highest BCUT2D eigenvalue weighted by Gasteiger charge is 2.38. The summed E-state index contributed by atoms with van der Waals surface area (Å²) in [6.45, 7) is 9.36. The largest absolute Gasteiger partial charge is 0.490 e. The second-order valence-corrected chi connectivity index (χ2v) is 11.3. The zero-order chi connectivity index (χ0) is 28.8. The number of para-hydroxylation sites is 2. The van der Waals surface area contributed by atoms with Crippen LogP contribution in [0.1, 0.15) is 46.5 Å². The van der Waals surface area contributed by atoms with Crippen molar-refractivity contribution in [2.24, 2.45) is 11.3 Å². The van der Waals surface area contributed by atoms with Crippen molar-refractivity contribution in [3.63, 3.8) is 0 Å². The minimum Gasteiger partial charge on any atom is -0.490 e. The quantitative estimate of drug-likeness (QED) is 0.335. The van der Waals surface area contributed by atoms with Gasteiger partial charge in [0.2, 0.25) is 0 Å². The number of anilines is 4. The van der Waals surface area contributed by atoms with Crippen LogP contribution in [-0.4, -0.2) is 64.9 Å². The van der Waals surface area contributed by atoms with Gasteiger partial charge in [-0.2, -0.15) is 0 Å². The molecule has 2 N–H and O–H groups in total. The molecule has 0 aliphatic carbocycles. The molecule has 2 aliphatic rings. The number of nitrogens with zero attached hydrogens (tertiary/aromatic N) is 5. The summed E-state index contributed by atoms with van der Waals surface area (Å²) in [7, 11) is 0. The van der Waals surface area contributed by atoms with Crippen LogP contribution in [0.25, 0.3) is 0 Å². The third-order valence-corrected chi connectivity index (χ3v) is 8.15. The first-order valence-electron chi connectivity index (χ1n) is 14.5. The van der Waals surface area contributed by atoms with Crippen LogP contribution in [0.3, 0.4) is 0 Å². The Balaban J connectivity index is 1.21. The lowest BCUT2D eigenvalue weighted by Crippen LogP contribution is -2.42. The molecule has 0 bridgehead atoms. The van der Waals surface area contributed by atoms with E-state index in [0.717, 1.165) is 68.5 Å². The van der Waals surface area contributed by atoms with Crippen LogP contribution in [0, 0.1) is 11.3 Å². The van der Waals surface area contributed by atoms with Gasteiger partial charge in [0, 0.05) is 19.6 Å². The second-order valence-electron chi connectivity index (χ2n) is 11.3. The third kappa shape index (κ3) is 6.81. The van der Waals surface area contributed by atoms with Crippen LogP contribution >= 0.6 is 0 Å². The highest BCUT2D eigenvalue weighted by Crippen LogP contribution is 2.36. The van der Waals surface area contributed by atoms with Crippen LogP contribution in [0.4, 0.5) is 23.3 Å². The number of carbonyl (C=O) groups is 1. The van der Waals surface area contributed by atoms with Gasteiger partial charge in [-0.05, 0) is 76.6 Å². The molecule has 2 saturated heterocycles. The first-order chi connectivity index (χ1) is 19.8. The van der Waals surface area contributed by atoms with E-state index in [1.165, 1.54) is 0 Å². The van der Waals surface area contributed by atoms with Gasteiger partial charge >= 0.3 is 5.97 Å². The predicted octanol–water partition coefficient (Wildman–Crippen LogP) is 5.39. The van der Waals surface area contributed by atoms with E-state index >= 15 is 0 Å². The molecule has 0 saturated carbocycles. The van der Waals surface area contributed by atoms with Crippen molar-refractivity contribution in [2.75, 3.05) is 47.9 Å². The van der Waals surface area contributed by atoms with Crippen molar-refractivity contribution in [1.29, 1.82) is 0 Å². The van der Waals surface area contributed by atoms with Crippen LogP contribution < -0.4 is 24.6 Å². The van der Waals surface area contributed by atoms with Crippen molar-refractivity contribution in [1.82, 2.24) is 15.0 Å². The number of hydrogen-bond donors (Lipinski definition) is 2. The summed E-state index contributed by atoms with van der Waals surface area (Å²) in [6.07, 6.45) is 7.11. The first kappa shape index (κ1) is 28.4. The van der Waals surface area contributed by atoms with Crippen molar-refractivity contribution >= 4 is 29.2 Å². The van der Waals surface area contributed by atoms with E-state index < -0.39 is 11.4 Å². The molecule has 1 atom stereocenters. The number of rotatable bonds is 10. The Labute approximate surface area is 241 Å². The number of carboxylic acids is 1. The topological polar surface area (TPSA) is 113 Å². The van der Waals surface area contributed by atoms with Gasteiger partial charge in [0.1, 0.15) is 23.6 Å². The lowest BCUT2D eigenvalue weighted by atomic mass is 9.74. The summed E-state index contributed by atoms with van der Waals surface area (Å²) >= 11 is 0. The van der Waals surface area contributed by atoms with E-state index in [2.05, 4.69) is 20.1 Å². The smallest absolute Gasteiger partial charge is 0.309 e. The molecule has 218 valence electrons. The van der Waals surface area contributed by atoms with Crippen LogP contribution in [0.5, 0.6) is 11.5 Å². The van der Waals surface area contributed by atoms with E-state index in [4.69, 9.17) is 19.4 Å². The number of ether oxygens (including phenoxy) is 2. The monoisotopic (exact) mass is 560 g/mol. The Morgan fingerprint density at radius 1 is 0.951 bits per heavy atom. The minimum atomic E-state index is -0.733. The van der Waals surface area contributed by atoms with Gasteiger partial charge in [-0.3, -0.25) is 9.78 Å². The van der Waals surface area contributed by atoms with Crippen molar-refractivity contribution < 1.29 is 19.4 Å². The maximum atomic E-state index is 11.7. The lowest BCUT2D eigenvalue weighted by molar-refractivity contribution is -0.150. The molecule has 41 heavy (non-hydrogen) atoms. The van der Waals surface area contributed by atoms with Crippen LogP contribution in [0.2, 0.25) is 0 Å². The highest BCUT2D eigenvalue weighted by molar-refractivity contribution is 5.74. The maximum absolute atomic E-state index is 11.7. The van der Waals surface area contributed by atoms with Crippen molar-refractivity contribution in [3.8, 4) is 11.5 Å². The summed E-state index contributed by atoms with van der Waals surface area (Å²) in [5.74, 6) is 3.92. The zero-order valence-electron chi connectivity index (χ0n) is 24.1. The lowest BCUT2D eigenvalue weighted by Gasteiger charge is -2.38. The van der Waals surface area contributed by atoms with Crippen LogP contribution in [0.15, 0.2) is 54.9 Å². The molecular formula is C31H40N6O4. The van der Waals surface area contributed by atoms with Crippen molar-refractivity contribution in [2.45, 2.75) is 52.6 Å². The summed E-state index contributed by atoms with van der Waals surface area (Å²) in [4.78, 5) is 30.2. The molecular weight excluding hydrogens is 520 g/mol. The number of aromatic nitrogens is 3. The van der Waals surface area contributed by atoms with Crippen LogP contribution in [-0.2, 0) is 4.79 Å². The average Bonchev–Trinajstić information content (AvgIpc) is 2.99. The van der Waals surface area contributed by atoms with Crippen molar-refractivity contribution in [3.05, 3.63) is 54.9 Å². The van der Waals surface area contributed by atoms with Gasteiger partial charge in [0.15, 0.2) is 17.3 Å². The Bertz CT molecular complexity index is 1330. The highest BCUT2D eigenvalue weighted by atomic mass is 16.5. The molecule has 2 aromatic heterocycles. The number of piperidine rings is 2. The van der Waals surface area contributed by atoms with E-state index in [1.807, 2.05) is 63.2 Å². The SMILES string of the molecule is CCOc1ccccc1OC1CCCN(c2cncc(Nc3cccc(N4CCC(C(C)(C)C(=O)O)CC4)n3)n2)C1. The first-order valence-corrected chi connectivity index (χ1v) is 14.5. The fourth-order valence-electron chi connectivity index (χ4n) is 5.62. The number of benzene rings is 1. The van der Waals surface area contributed by atoms with Gasteiger partial charge < -0.3 is 29.7 Å². The number of pyridine rings is 1. The summed E-state index contributed by atoms with van der Waals surface area (Å²) in [5.41, 5.74) is -0.721. The van der Waals surface area contributed by atoms with E-state index in [9.17, 15) is 9.90 Å². The molecule has 2 fully saturated rings. The summed E-state index contributed by atoms with van der Waals surface area (Å²) in [6, 6.07) is 13.7. The third-order valence-electron chi connectivity index (χ3n) is 8.15. The molecule has 4 heterocycles. The summed E-state index contributed by atoms with van der Waals surface area (Å²) < 4.78 is 12.1. The summed E-state index contributed by atoms with van der Waals surface area (Å²) in [5, 5.41) is 12.9. The number of nitrogens with one attached hydrogen (secondary N) is 1. The molecule has 0 radical (unpaired) electrons. The molecule has 1 aromatic carbocycles. The fraction of sp³-hybridized carbons (Fsp3) is 0.484. The van der Waals surface area contributed by atoms with Gasteiger partial charge in [-0.15, -0.1) is 0 Å². The molecule has 1 unspecified atom stereocenters. The standard InChI is InChI=1S/C31H40N6O4/c1-4-40-24-10-5-6-11-25(24)41-23-9-8-16-37(21-23)29-20-32-19-27(35-29)33-26-12-7-13-28(34-26)36-17-14-22(15-18-36)31(2,3)30(38)39/h5-7,10-13,19-20,22-23H,4,8-9,14-18,21H2,1-3H3,(H,38,39)(H,33,34,35). The molecule has 2 aliphatic heterocycles. The molecule has 10 nitrogen and oxygen atoms in total. The van der Waals surface area contributed by atoms with E-state index in [1.54, 1.807) is 12.4 Å². The predicted molar refractivity (Wildman–Crippen MR) is 159 cm³/mol. The van der Waals surface area contributed by atoms with E-state index in [0.29, 0.717) is 24.8 Å². The number of aliphatic carboxylic acids is 1. The Hall–Kier alpha value is -4.08. The second kappa shape index (κ2) is 12.6. The molecule has 10 heteroatoms. The Morgan fingerprint density at radius 2 is 1.71 bits per heavy atom. The molecule has 5 rings (SSSR count). The molecule has 3 aromatic rings. The Morgan fingerprint density at radius 3 is 2.46 bits per heavy atom. The van der Waals surface area contributed by atoms with Gasteiger partial charge in [0.25, 0.3) is 0 Å². The zero-order valence-corrected chi connectivity index (χ0v) is 24.1. The maximum Gasteiger partial charge on any atom is 0.309 e. The average molecular weight is 561 g/mol. The van der Waals surface area contributed by atoms with Gasteiger partial charge in [-0.1, -0.05) is 18.2 Å². The minimum absolute atomic E-state index is 0.0207. The Kier molecular flexibility index (Phi) is 8.75. The van der Waals surface area contributed by atoms with E-state index in [-0.39, 0.29) is 12.0 Å². The van der Waals surface area contributed by atoms with Gasteiger partial charge in [-0.25, -0.2) is 9.97 Å². The molecule has 0 spiro atoms. The fourth-order valence-corrected chi connectivity index (χ4v) is 5.62. The van der Waals surface area contributed by atoms with Gasteiger partial charge in [0.05, 0.1) is 31.0 Å².